The molecule has 1 aromatic carbocycles. The molecule has 1 saturated carbocycles. The number of likely N-dealkylation sites (N-methyl/N-ethyl adjacent to an activating group) is 1. The quantitative estimate of drug-likeness (QED) is 0.147. The van der Waals surface area contributed by atoms with Crippen LogP contribution in [0.4, 0.5) is 0 Å². The van der Waals surface area contributed by atoms with Crippen molar-refractivity contribution in [1.29, 1.82) is 0 Å². The van der Waals surface area contributed by atoms with E-state index in [-0.39, 0.29) is 23.4 Å². The van der Waals surface area contributed by atoms with E-state index in [0.29, 0.717) is 43.5 Å². The smallest absolute Gasteiger partial charge is 0.251 e. The largest absolute Gasteiger partial charge is 0.381 e. The van der Waals surface area contributed by atoms with Crippen molar-refractivity contribution in [2.24, 2.45) is 5.92 Å². The van der Waals surface area contributed by atoms with E-state index < -0.39 is 6.41 Å². The molecule has 216 valence electrons. The van der Waals surface area contributed by atoms with Crippen molar-refractivity contribution in [3.8, 4) is 0 Å². The monoisotopic (exact) mass is 561 g/mol. The molecule has 39 heavy (non-hydrogen) atoms. The second kappa shape index (κ2) is 15.3. The van der Waals surface area contributed by atoms with Gasteiger partial charge in [-0.15, -0.1) is 11.6 Å². The van der Waals surface area contributed by atoms with Gasteiger partial charge in [0.25, 0.3) is 5.91 Å². The molecule has 4 unspecified atom stereocenters. The number of ether oxygens (including phenoxy) is 3. The molecule has 2 aliphatic carbocycles. The number of rotatable bonds is 15. The van der Waals surface area contributed by atoms with Gasteiger partial charge in [-0.2, -0.15) is 0 Å². The maximum absolute atomic E-state index is 13.4. The summed E-state index contributed by atoms with van der Waals surface area (Å²) in [4.78, 5) is 13.4. The Morgan fingerprint density at radius 3 is 2.79 bits per heavy atom. The molecule has 1 aliphatic heterocycles. The zero-order chi connectivity index (χ0) is 27.6. The Hall–Kier alpha value is -1.78. The number of methoxy groups -OCH3 is 1. The van der Waals surface area contributed by atoms with E-state index in [9.17, 15) is 9.90 Å². The predicted octanol–water partition coefficient (Wildman–Crippen LogP) is 3.76. The number of hydrogen-bond acceptors (Lipinski definition) is 7. The number of amides is 1. The normalized spacial score (nSPS) is 23.6. The molecule has 3 aliphatic rings. The van der Waals surface area contributed by atoms with E-state index in [1.54, 1.807) is 0 Å². The van der Waals surface area contributed by atoms with Crippen molar-refractivity contribution in [3.63, 3.8) is 0 Å². The van der Waals surface area contributed by atoms with Crippen molar-refractivity contribution < 1.29 is 24.1 Å². The average Bonchev–Trinajstić information content (AvgIpc) is 3.81. The Labute approximate surface area is 237 Å². The van der Waals surface area contributed by atoms with Gasteiger partial charge in [0.15, 0.2) is 0 Å². The number of halogens is 1. The van der Waals surface area contributed by atoms with Crippen LogP contribution in [0.3, 0.4) is 0 Å². The predicted molar refractivity (Wildman–Crippen MR) is 153 cm³/mol. The van der Waals surface area contributed by atoms with Crippen molar-refractivity contribution in [2.45, 2.75) is 68.4 Å². The van der Waals surface area contributed by atoms with E-state index >= 15 is 0 Å². The third-order valence-corrected chi connectivity index (χ3v) is 8.01. The standard InChI is InChI=1S/C30H44ClN3O5/c1-32-27(13-20-5-4-11-38-19-20)18-34-29(35)25-15-23(21-8-9-21)14-24(16-25)28(22-6-3-7-26(31)17-22)39-12-10-33-30(36)37-2/h3,6-7,14-16,20-21,26-28,30,32-33,36H,4-5,8-13,17-19H2,1-2H3,(H,34,35)/t20-,26?,27?,28?,30?/m1/s1. The number of nitrogens with one attached hydrogen (secondary N) is 3. The molecule has 1 amide bonds. The second-order valence-corrected chi connectivity index (χ2v) is 11.4. The van der Waals surface area contributed by atoms with Gasteiger partial charge < -0.3 is 30.0 Å². The lowest BCUT2D eigenvalue weighted by molar-refractivity contribution is -0.0998. The van der Waals surface area contributed by atoms with Crippen LogP contribution in [0.5, 0.6) is 0 Å². The van der Waals surface area contributed by atoms with Crippen LogP contribution >= 0.6 is 11.6 Å². The highest BCUT2D eigenvalue weighted by Crippen LogP contribution is 2.42. The SMILES string of the molecule is CNC(CNC(=O)c1cc(C2CC2)cc(C(OCCNC(O)OC)C2=CC=CC(Cl)C2)c1)C[C@H]1CCCOC1. The van der Waals surface area contributed by atoms with Crippen LogP contribution in [-0.2, 0) is 14.2 Å². The van der Waals surface area contributed by atoms with Gasteiger partial charge in [0.2, 0.25) is 6.41 Å². The zero-order valence-electron chi connectivity index (χ0n) is 23.2. The average molecular weight is 562 g/mol. The molecular formula is C30H44ClN3O5. The third kappa shape index (κ3) is 9.39. The minimum atomic E-state index is -1.04. The molecule has 2 fully saturated rings. The fourth-order valence-corrected chi connectivity index (χ4v) is 5.61. The fraction of sp³-hybridized carbons (Fsp3) is 0.633. The molecule has 0 radical (unpaired) electrons. The van der Waals surface area contributed by atoms with Gasteiger partial charge in [0, 0.05) is 45.0 Å². The topological polar surface area (TPSA) is 101 Å². The maximum Gasteiger partial charge on any atom is 0.251 e. The number of aliphatic hydroxyl groups is 1. The highest BCUT2D eigenvalue weighted by molar-refractivity contribution is 6.22. The van der Waals surface area contributed by atoms with E-state index in [4.69, 9.17) is 25.8 Å². The van der Waals surface area contributed by atoms with Gasteiger partial charge in [0.1, 0.15) is 6.10 Å². The molecular weight excluding hydrogens is 518 g/mol. The molecule has 1 heterocycles. The number of alkyl halides is 1. The molecule has 0 spiro atoms. The summed E-state index contributed by atoms with van der Waals surface area (Å²) >= 11 is 6.47. The first-order valence-electron chi connectivity index (χ1n) is 14.2. The summed E-state index contributed by atoms with van der Waals surface area (Å²) in [7, 11) is 3.38. The minimum Gasteiger partial charge on any atom is -0.381 e. The molecule has 4 N–H and O–H groups in total. The maximum atomic E-state index is 13.4. The summed E-state index contributed by atoms with van der Waals surface area (Å²) < 4.78 is 16.8. The Balaban J connectivity index is 1.48. The molecule has 0 aromatic heterocycles. The van der Waals surface area contributed by atoms with Crippen LogP contribution in [-0.4, -0.2) is 75.9 Å². The van der Waals surface area contributed by atoms with Crippen LogP contribution in [0.2, 0.25) is 0 Å². The molecule has 9 heteroatoms. The Morgan fingerprint density at radius 1 is 1.26 bits per heavy atom. The minimum absolute atomic E-state index is 0.0738. The molecule has 1 saturated heterocycles. The Kier molecular flexibility index (Phi) is 11.8. The highest BCUT2D eigenvalue weighted by atomic mass is 35.5. The Morgan fingerprint density at radius 2 is 2.10 bits per heavy atom. The number of carbonyl (C=O) groups is 1. The van der Waals surface area contributed by atoms with E-state index in [2.05, 4.69) is 28.1 Å². The molecule has 1 aromatic rings. The summed E-state index contributed by atoms with van der Waals surface area (Å²) in [6, 6.07) is 6.36. The number of hydrogen-bond donors (Lipinski definition) is 4. The van der Waals surface area contributed by atoms with Crippen molar-refractivity contribution in [2.75, 3.05) is 47.1 Å². The van der Waals surface area contributed by atoms with Crippen LogP contribution in [0.1, 0.15) is 72.0 Å². The second-order valence-electron chi connectivity index (χ2n) is 10.8. The molecule has 5 atom stereocenters. The van der Waals surface area contributed by atoms with Crippen LogP contribution in [0.25, 0.3) is 0 Å². The van der Waals surface area contributed by atoms with Crippen LogP contribution < -0.4 is 16.0 Å². The third-order valence-electron chi connectivity index (χ3n) is 7.71. The number of allylic oxidation sites excluding steroid dienone is 3. The summed E-state index contributed by atoms with van der Waals surface area (Å²) in [6.07, 6.45) is 10.8. The molecule has 0 bridgehead atoms. The van der Waals surface area contributed by atoms with Crippen LogP contribution in [0, 0.1) is 5.92 Å². The number of aliphatic hydroxyl groups excluding tert-OH is 1. The van der Waals surface area contributed by atoms with Gasteiger partial charge in [-0.3, -0.25) is 10.1 Å². The summed E-state index contributed by atoms with van der Waals surface area (Å²) in [5.74, 6) is 0.933. The number of carbonyl (C=O) groups excluding carboxylic acids is 1. The van der Waals surface area contributed by atoms with Crippen LogP contribution in [0.15, 0.2) is 42.0 Å². The van der Waals surface area contributed by atoms with Crippen molar-refractivity contribution in [1.82, 2.24) is 16.0 Å². The van der Waals surface area contributed by atoms with Gasteiger partial charge in [-0.1, -0.05) is 24.3 Å². The van der Waals surface area contributed by atoms with E-state index in [1.807, 2.05) is 31.3 Å². The summed E-state index contributed by atoms with van der Waals surface area (Å²) in [5, 5.41) is 18.9. The van der Waals surface area contributed by atoms with Crippen molar-refractivity contribution in [3.05, 3.63) is 58.7 Å². The highest BCUT2D eigenvalue weighted by Gasteiger charge is 2.28. The summed E-state index contributed by atoms with van der Waals surface area (Å²) in [5.41, 5.74) is 3.85. The van der Waals surface area contributed by atoms with Gasteiger partial charge >= 0.3 is 0 Å². The van der Waals surface area contributed by atoms with Gasteiger partial charge in [-0.05, 0) is 86.2 Å². The number of benzene rings is 1. The molecule has 4 rings (SSSR count). The summed E-state index contributed by atoms with van der Waals surface area (Å²) in [6.45, 7) is 2.97. The lowest BCUT2D eigenvalue weighted by atomic mass is 9.91. The lowest BCUT2D eigenvalue weighted by Crippen LogP contribution is -2.41. The first-order valence-corrected chi connectivity index (χ1v) is 14.7. The van der Waals surface area contributed by atoms with E-state index in [0.717, 1.165) is 50.0 Å². The lowest BCUT2D eigenvalue weighted by Gasteiger charge is -2.27. The first-order chi connectivity index (χ1) is 19.0. The zero-order valence-corrected chi connectivity index (χ0v) is 23.9. The molecule has 8 nitrogen and oxygen atoms in total. The first kappa shape index (κ1) is 30.2. The van der Waals surface area contributed by atoms with Crippen molar-refractivity contribution >= 4 is 17.5 Å². The Bertz CT molecular complexity index is 993. The van der Waals surface area contributed by atoms with Gasteiger partial charge in [-0.25, -0.2) is 0 Å². The van der Waals surface area contributed by atoms with E-state index in [1.165, 1.54) is 19.1 Å². The fourth-order valence-electron chi connectivity index (χ4n) is 5.34. The van der Waals surface area contributed by atoms with Gasteiger partial charge in [0.05, 0.1) is 12.0 Å².